The first kappa shape index (κ1) is 31.8. The van der Waals surface area contributed by atoms with E-state index in [2.05, 4.69) is 71.5 Å². The Hall–Kier alpha value is -2.77. The van der Waals surface area contributed by atoms with Gasteiger partial charge in [0.05, 0.1) is 6.20 Å². The van der Waals surface area contributed by atoms with Crippen LogP contribution in [-0.2, 0) is 31.9 Å². The summed E-state index contributed by atoms with van der Waals surface area (Å²) < 4.78 is 39.5. The van der Waals surface area contributed by atoms with E-state index in [9.17, 15) is 4.39 Å². The van der Waals surface area contributed by atoms with Gasteiger partial charge in [-0.1, -0.05) is 38.3 Å². The fourth-order valence-electron chi connectivity index (χ4n) is 5.44. The standard InChI is InChI=1S/C21H18FN2S.C18H24GeN.Ir/c1-12-8-9-14-13-6-5-7-15(19(13)25-20(14)24-12)18-10-16(21(2,3)4)17(22)11-23-18;1-14(2)11-16-12-18(15-9-7-6-8-10-15)20-13-17(16)19(3,4)5;/h5-6,8-11H,1-4H3;6-9,12-14H,11H2,1-5H3;/q2*-1;/i1D3;;. The van der Waals surface area contributed by atoms with Gasteiger partial charge in [-0.05, 0) is 39.7 Å². The Bertz CT molecular complexity index is 2070. The molecule has 0 spiro atoms. The maximum Gasteiger partial charge on any atom is 0.143 e. The second-order valence-electron chi connectivity index (χ2n) is 13.9. The van der Waals surface area contributed by atoms with Crippen LogP contribution in [-0.4, -0.2) is 28.2 Å². The molecule has 4 heterocycles. The molecule has 0 unspecified atom stereocenters. The van der Waals surface area contributed by atoms with Crippen LogP contribution in [0.2, 0.25) is 17.3 Å². The summed E-state index contributed by atoms with van der Waals surface area (Å²) in [6, 6.07) is 25.7. The maximum absolute atomic E-state index is 14.3. The Balaban J connectivity index is 0.000000229. The summed E-state index contributed by atoms with van der Waals surface area (Å²) in [5.41, 5.74) is 5.35. The van der Waals surface area contributed by atoms with Crippen molar-refractivity contribution in [3.63, 3.8) is 0 Å². The number of halogens is 1. The first-order valence-electron chi connectivity index (χ1n) is 16.8. The van der Waals surface area contributed by atoms with Gasteiger partial charge in [0.2, 0.25) is 0 Å². The second-order valence-corrected chi connectivity index (χ2v) is 25.5. The topological polar surface area (TPSA) is 38.7 Å². The predicted octanol–water partition coefficient (Wildman–Crippen LogP) is 10.3. The molecule has 241 valence electrons. The first-order valence-corrected chi connectivity index (χ1v) is 23.5. The minimum atomic E-state index is -2.25. The van der Waals surface area contributed by atoms with Crippen LogP contribution in [0.15, 0.2) is 73.1 Å². The van der Waals surface area contributed by atoms with Gasteiger partial charge in [0, 0.05) is 29.9 Å². The molecule has 0 N–H and O–H groups in total. The van der Waals surface area contributed by atoms with Crippen LogP contribution >= 0.6 is 11.3 Å². The van der Waals surface area contributed by atoms with E-state index >= 15 is 0 Å². The quantitative estimate of drug-likeness (QED) is 0.128. The summed E-state index contributed by atoms with van der Waals surface area (Å²) in [5, 5.41) is 1.85. The zero-order valence-corrected chi connectivity index (χ0v) is 33.0. The Morgan fingerprint density at radius 2 is 1.70 bits per heavy atom. The summed E-state index contributed by atoms with van der Waals surface area (Å²) in [6.07, 6.45) is 4.52. The number of rotatable bonds is 5. The van der Waals surface area contributed by atoms with Crippen LogP contribution in [0.3, 0.4) is 0 Å². The average molecular weight is 872 g/mol. The molecule has 0 amide bonds. The Morgan fingerprint density at radius 3 is 2.35 bits per heavy atom. The first-order chi connectivity index (χ1) is 22.4. The summed E-state index contributed by atoms with van der Waals surface area (Å²) >= 11 is -0.453. The van der Waals surface area contributed by atoms with E-state index in [0.717, 1.165) is 38.7 Å². The number of aromatic nitrogens is 3. The molecule has 0 saturated carbocycles. The Labute approximate surface area is 298 Å². The third kappa shape index (κ3) is 8.20. The molecule has 6 aromatic rings. The minimum Gasteiger partial charge on any atom is -0.302 e. The van der Waals surface area contributed by atoms with E-state index in [0.29, 0.717) is 22.0 Å². The van der Waals surface area contributed by atoms with E-state index in [4.69, 9.17) is 9.10 Å². The fourth-order valence-corrected chi connectivity index (χ4v) is 9.96. The molecule has 0 aliphatic carbocycles. The molecule has 0 atom stereocenters. The molecule has 1 radical (unpaired) electrons. The van der Waals surface area contributed by atoms with Crippen molar-refractivity contribution < 1.29 is 28.6 Å². The molecule has 0 bridgehead atoms. The second kappa shape index (κ2) is 14.6. The number of fused-ring (bicyclic) bond motifs is 3. The van der Waals surface area contributed by atoms with Crippen molar-refractivity contribution >= 4 is 49.3 Å². The Morgan fingerprint density at radius 1 is 0.935 bits per heavy atom. The number of pyridine rings is 3. The fraction of sp³-hybridized carbons (Fsp3) is 0.308. The third-order valence-electron chi connectivity index (χ3n) is 7.63. The van der Waals surface area contributed by atoms with Crippen LogP contribution < -0.4 is 4.40 Å². The van der Waals surface area contributed by atoms with Crippen LogP contribution in [0.1, 0.15) is 55.6 Å². The molecule has 6 rings (SSSR count). The smallest absolute Gasteiger partial charge is 0.143 e. The largest absolute Gasteiger partial charge is 0.302 e. The van der Waals surface area contributed by atoms with E-state index in [-0.39, 0.29) is 37.0 Å². The van der Waals surface area contributed by atoms with Gasteiger partial charge in [-0.25, -0.2) is 9.37 Å². The number of benzene rings is 2. The van der Waals surface area contributed by atoms with Crippen LogP contribution in [0, 0.1) is 30.7 Å². The molecule has 0 fully saturated rings. The number of nitrogens with zero attached hydrogens (tertiary/aromatic N) is 3. The molecular weight excluding hydrogens is 826 g/mol. The van der Waals surface area contributed by atoms with Gasteiger partial charge in [-0.2, -0.15) is 11.3 Å². The van der Waals surface area contributed by atoms with Crippen molar-refractivity contribution in [2.24, 2.45) is 5.92 Å². The molecule has 0 aliphatic heterocycles. The normalized spacial score (nSPS) is 13.0. The molecule has 46 heavy (non-hydrogen) atoms. The van der Waals surface area contributed by atoms with Gasteiger partial charge in [0.1, 0.15) is 10.6 Å². The molecular formula is C39H42FGeIrN3S-2. The molecule has 7 heteroatoms. The average Bonchev–Trinajstić information content (AvgIpc) is 3.39. The molecule has 0 saturated heterocycles. The SMILES string of the molecule is CC(C)Cc1cc(-c2[c-]cccc2)nc[c]1[Ge]([CH3])([CH3])[CH3].[2H]C([2H])([2H])c1ccc2c(n1)sc1c(-c3cc(C(C)(C)C)c(F)cn3)[c-]ccc12.[Ir]. The van der Waals surface area contributed by atoms with Gasteiger partial charge in [-0.3, -0.25) is 0 Å². The van der Waals surface area contributed by atoms with Gasteiger partial charge in [0.15, 0.2) is 0 Å². The number of hydrogen-bond acceptors (Lipinski definition) is 4. The summed E-state index contributed by atoms with van der Waals surface area (Å²) in [5.74, 6) is 7.66. The predicted molar refractivity (Wildman–Crippen MR) is 193 cm³/mol. The molecule has 4 aromatic heterocycles. The van der Waals surface area contributed by atoms with Gasteiger partial charge >= 0.3 is 126 Å². The van der Waals surface area contributed by atoms with E-state index in [1.165, 1.54) is 23.1 Å². The number of thiophene rings is 1. The van der Waals surface area contributed by atoms with Gasteiger partial charge < -0.3 is 4.98 Å². The van der Waals surface area contributed by atoms with E-state index in [1.807, 2.05) is 51.1 Å². The van der Waals surface area contributed by atoms with E-state index in [1.54, 1.807) is 22.6 Å². The van der Waals surface area contributed by atoms with Gasteiger partial charge in [-0.15, -0.1) is 23.8 Å². The van der Waals surface area contributed by atoms with Crippen LogP contribution in [0.4, 0.5) is 4.39 Å². The van der Waals surface area contributed by atoms with Crippen molar-refractivity contribution in [2.45, 2.75) is 70.6 Å². The summed E-state index contributed by atoms with van der Waals surface area (Å²) in [6.45, 7) is 8.19. The zero-order chi connectivity index (χ0) is 35.0. The molecule has 0 aliphatic rings. The number of aryl methyl sites for hydroxylation is 1. The minimum absolute atomic E-state index is 0. The summed E-state index contributed by atoms with van der Waals surface area (Å²) in [4.78, 5) is 14.0. The summed E-state index contributed by atoms with van der Waals surface area (Å²) in [7, 11) is 0. The van der Waals surface area contributed by atoms with Crippen molar-refractivity contribution in [1.29, 1.82) is 0 Å². The van der Waals surface area contributed by atoms with Crippen LogP contribution in [0.5, 0.6) is 0 Å². The zero-order valence-electron chi connectivity index (χ0n) is 30.7. The van der Waals surface area contributed by atoms with Crippen molar-refractivity contribution in [3.8, 4) is 22.5 Å². The third-order valence-corrected chi connectivity index (χ3v) is 13.1. The van der Waals surface area contributed by atoms with Crippen molar-refractivity contribution in [2.75, 3.05) is 0 Å². The maximum atomic E-state index is 14.3. The van der Waals surface area contributed by atoms with E-state index < -0.39 is 20.1 Å². The van der Waals surface area contributed by atoms with Crippen LogP contribution in [0.25, 0.3) is 42.8 Å². The molecule has 2 aromatic carbocycles. The number of hydrogen-bond donors (Lipinski definition) is 0. The Kier molecular flexibility index (Phi) is 10.1. The van der Waals surface area contributed by atoms with Crippen molar-refractivity contribution in [1.82, 2.24) is 15.0 Å². The van der Waals surface area contributed by atoms with Gasteiger partial charge in [0.25, 0.3) is 0 Å². The monoisotopic (exact) mass is 873 g/mol. The molecule has 3 nitrogen and oxygen atoms in total. The van der Waals surface area contributed by atoms with Crippen molar-refractivity contribution in [3.05, 3.63) is 108 Å².